The van der Waals surface area contributed by atoms with Gasteiger partial charge in [-0.1, -0.05) is 12.1 Å². The zero-order valence-electron chi connectivity index (χ0n) is 14.6. The molecule has 2 heterocycles. The molecule has 1 aromatic carbocycles. The molecule has 1 aliphatic heterocycles. The lowest BCUT2D eigenvalue weighted by molar-refractivity contribution is 0.0594. The first-order chi connectivity index (χ1) is 11.7. The summed E-state index contributed by atoms with van der Waals surface area (Å²) in [5.74, 6) is 0.157. The van der Waals surface area contributed by atoms with Crippen LogP contribution in [0.3, 0.4) is 0 Å². The fraction of sp³-hybridized carbons (Fsp3) is 0.474. The molecule has 1 fully saturated rings. The Labute approximate surface area is 143 Å². The fourth-order valence-electron chi connectivity index (χ4n) is 3.48. The second kappa shape index (κ2) is 7.51. The summed E-state index contributed by atoms with van der Waals surface area (Å²) in [6, 6.07) is 10.1. The van der Waals surface area contributed by atoms with Crippen molar-refractivity contribution in [1.82, 2.24) is 14.7 Å². The Morgan fingerprint density at radius 2 is 2.08 bits per heavy atom. The molecule has 1 aromatic heterocycles. The monoisotopic (exact) mass is 326 g/mol. The third kappa shape index (κ3) is 3.61. The van der Waals surface area contributed by atoms with Crippen molar-refractivity contribution < 1.29 is 4.79 Å². The van der Waals surface area contributed by atoms with Crippen LogP contribution in [0.25, 0.3) is 0 Å². The van der Waals surface area contributed by atoms with E-state index in [0.29, 0.717) is 6.04 Å². The SMILES string of the molecule is CN(C)c1ccccc1C(=O)N1CCCC[C@H]1CCn1cccn1. The number of aromatic nitrogens is 2. The van der Waals surface area contributed by atoms with Gasteiger partial charge >= 0.3 is 0 Å². The average molecular weight is 326 g/mol. The van der Waals surface area contributed by atoms with Crippen LogP contribution in [-0.2, 0) is 6.54 Å². The predicted molar refractivity (Wildman–Crippen MR) is 96.3 cm³/mol. The van der Waals surface area contributed by atoms with Gasteiger partial charge in [0.25, 0.3) is 5.91 Å². The molecule has 1 saturated heterocycles. The molecule has 0 aliphatic carbocycles. The zero-order chi connectivity index (χ0) is 16.9. The van der Waals surface area contributed by atoms with Crippen LogP contribution in [0.4, 0.5) is 5.69 Å². The number of hydrogen-bond acceptors (Lipinski definition) is 3. The molecule has 0 saturated carbocycles. The Bertz CT molecular complexity index is 666. The average Bonchev–Trinajstić information content (AvgIpc) is 3.13. The fourth-order valence-corrected chi connectivity index (χ4v) is 3.48. The smallest absolute Gasteiger partial charge is 0.256 e. The maximum atomic E-state index is 13.2. The standard InChI is InChI=1S/C19H26N4O/c1-21(2)18-10-4-3-9-17(18)19(24)23-14-6-5-8-16(23)11-15-22-13-7-12-20-22/h3-4,7,9-10,12-13,16H,5-6,8,11,14-15H2,1-2H3/t16-/m0/s1. The number of benzene rings is 1. The summed E-state index contributed by atoms with van der Waals surface area (Å²) in [5, 5.41) is 4.27. The molecular weight excluding hydrogens is 300 g/mol. The first-order valence-electron chi connectivity index (χ1n) is 8.71. The number of nitrogens with zero attached hydrogens (tertiary/aromatic N) is 4. The van der Waals surface area contributed by atoms with E-state index in [1.165, 1.54) is 6.42 Å². The van der Waals surface area contributed by atoms with Crippen molar-refractivity contribution in [3.8, 4) is 0 Å². The molecule has 5 heteroatoms. The Kier molecular flexibility index (Phi) is 5.18. The second-order valence-corrected chi connectivity index (χ2v) is 6.62. The lowest BCUT2D eigenvalue weighted by atomic mass is 9.97. The minimum Gasteiger partial charge on any atom is -0.377 e. The van der Waals surface area contributed by atoms with Gasteiger partial charge in [-0.2, -0.15) is 5.10 Å². The van der Waals surface area contributed by atoms with Gasteiger partial charge in [-0.05, 0) is 43.9 Å². The molecule has 0 N–H and O–H groups in total. The number of carbonyl (C=O) groups is 1. The van der Waals surface area contributed by atoms with Crippen molar-refractivity contribution in [2.75, 3.05) is 25.5 Å². The van der Waals surface area contributed by atoms with Crippen LogP contribution >= 0.6 is 0 Å². The Hall–Kier alpha value is -2.30. The van der Waals surface area contributed by atoms with E-state index >= 15 is 0 Å². The van der Waals surface area contributed by atoms with Gasteiger partial charge in [-0.15, -0.1) is 0 Å². The molecule has 1 amide bonds. The van der Waals surface area contributed by atoms with Gasteiger partial charge in [0.2, 0.25) is 0 Å². The first-order valence-corrected chi connectivity index (χ1v) is 8.71. The third-order valence-corrected chi connectivity index (χ3v) is 4.75. The maximum absolute atomic E-state index is 13.2. The van der Waals surface area contributed by atoms with Crippen molar-refractivity contribution >= 4 is 11.6 Å². The molecule has 0 bridgehead atoms. The predicted octanol–water partition coefficient (Wildman–Crippen LogP) is 3.03. The van der Waals surface area contributed by atoms with Gasteiger partial charge in [-0.25, -0.2) is 0 Å². The van der Waals surface area contributed by atoms with Crippen molar-refractivity contribution in [1.29, 1.82) is 0 Å². The van der Waals surface area contributed by atoms with E-state index in [1.807, 2.05) is 60.2 Å². The molecule has 0 unspecified atom stereocenters. The van der Waals surface area contributed by atoms with E-state index in [0.717, 1.165) is 43.6 Å². The van der Waals surface area contributed by atoms with E-state index in [2.05, 4.69) is 10.00 Å². The molecular formula is C19H26N4O. The summed E-state index contributed by atoms with van der Waals surface area (Å²) < 4.78 is 1.95. The molecule has 0 spiro atoms. The van der Waals surface area contributed by atoms with Gasteiger partial charge in [0.15, 0.2) is 0 Å². The van der Waals surface area contributed by atoms with Crippen LogP contribution in [0.1, 0.15) is 36.0 Å². The molecule has 128 valence electrons. The van der Waals surface area contributed by atoms with Crippen LogP contribution < -0.4 is 4.90 Å². The molecule has 1 atom stereocenters. The van der Waals surface area contributed by atoms with E-state index < -0.39 is 0 Å². The van der Waals surface area contributed by atoms with E-state index in [1.54, 1.807) is 6.20 Å². The van der Waals surface area contributed by atoms with E-state index in [-0.39, 0.29) is 5.91 Å². The van der Waals surface area contributed by atoms with Crippen LogP contribution in [0, 0.1) is 0 Å². The highest BCUT2D eigenvalue weighted by atomic mass is 16.2. The van der Waals surface area contributed by atoms with Crippen LogP contribution in [0.15, 0.2) is 42.7 Å². The Morgan fingerprint density at radius 1 is 1.25 bits per heavy atom. The first kappa shape index (κ1) is 16.6. The molecule has 0 radical (unpaired) electrons. The van der Waals surface area contributed by atoms with Crippen molar-refractivity contribution in [3.63, 3.8) is 0 Å². The number of para-hydroxylation sites is 1. The lowest BCUT2D eigenvalue weighted by Crippen LogP contribution is -2.44. The quantitative estimate of drug-likeness (QED) is 0.848. The van der Waals surface area contributed by atoms with Crippen LogP contribution in [0.5, 0.6) is 0 Å². The van der Waals surface area contributed by atoms with E-state index in [4.69, 9.17) is 0 Å². The lowest BCUT2D eigenvalue weighted by Gasteiger charge is -2.36. The van der Waals surface area contributed by atoms with Gasteiger partial charge < -0.3 is 9.80 Å². The van der Waals surface area contributed by atoms with E-state index in [9.17, 15) is 4.79 Å². The topological polar surface area (TPSA) is 41.4 Å². The Balaban J connectivity index is 1.76. The normalized spacial score (nSPS) is 17.8. The molecule has 5 nitrogen and oxygen atoms in total. The molecule has 2 aromatic rings. The van der Waals surface area contributed by atoms with Gasteiger partial charge in [-0.3, -0.25) is 9.48 Å². The highest BCUT2D eigenvalue weighted by molar-refractivity contribution is 6.00. The van der Waals surface area contributed by atoms with Gasteiger partial charge in [0, 0.05) is 51.3 Å². The second-order valence-electron chi connectivity index (χ2n) is 6.62. The molecule has 3 rings (SSSR count). The van der Waals surface area contributed by atoms with Crippen LogP contribution in [-0.4, -0.2) is 47.3 Å². The van der Waals surface area contributed by atoms with Crippen molar-refractivity contribution in [2.24, 2.45) is 0 Å². The van der Waals surface area contributed by atoms with Crippen LogP contribution in [0.2, 0.25) is 0 Å². The minimum atomic E-state index is 0.157. The Morgan fingerprint density at radius 3 is 2.83 bits per heavy atom. The van der Waals surface area contributed by atoms with Crippen molar-refractivity contribution in [2.45, 2.75) is 38.3 Å². The van der Waals surface area contributed by atoms with Gasteiger partial charge in [0.1, 0.15) is 0 Å². The molecule has 24 heavy (non-hydrogen) atoms. The maximum Gasteiger partial charge on any atom is 0.256 e. The summed E-state index contributed by atoms with van der Waals surface area (Å²) >= 11 is 0. The number of piperidine rings is 1. The number of anilines is 1. The summed E-state index contributed by atoms with van der Waals surface area (Å²) in [6.45, 7) is 1.71. The van der Waals surface area contributed by atoms with Crippen molar-refractivity contribution in [3.05, 3.63) is 48.3 Å². The number of likely N-dealkylation sites (tertiary alicyclic amines) is 1. The molecule has 1 aliphatic rings. The number of carbonyl (C=O) groups excluding carboxylic acids is 1. The highest BCUT2D eigenvalue weighted by Gasteiger charge is 2.28. The summed E-state index contributed by atoms with van der Waals surface area (Å²) in [6.07, 6.45) is 8.11. The highest BCUT2D eigenvalue weighted by Crippen LogP contribution is 2.26. The largest absolute Gasteiger partial charge is 0.377 e. The third-order valence-electron chi connectivity index (χ3n) is 4.75. The summed E-state index contributed by atoms with van der Waals surface area (Å²) in [4.78, 5) is 17.3. The number of rotatable bonds is 5. The summed E-state index contributed by atoms with van der Waals surface area (Å²) in [7, 11) is 3.97. The zero-order valence-corrected chi connectivity index (χ0v) is 14.6. The number of hydrogen-bond donors (Lipinski definition) is 0. The van der Waals surface area contributed by atoms with Gasteiger partial charge in [0.05, 0.1) is 5.56 Å². The minimum absolute atomic E-state index is 0.157. The number of aryl methyl sites for hydroxylation is 1. The number of amides is 1. The summed E-state index contributed by atoms with van der Waals surface area (Å²) in [5.41, 5.74) is 1.78.